The van der Waals surface area contributed by atoms with Gasteiger partial charge in [-0.1, -0.05) is 13.8 Å². The second-order valence-electron chi connectivity index (χ2n) is 5.40. The van der Waals surface area contributed by atoms with Gasteiger partial charge in [-0.05, 0) is 45.8 Å². The summed E-state index contributed by atoms with van der Waals surface area (Å²) in [6.45, 7) is 6.08. The molecule has 3 rings (SSSR count). The summed E-state index contributed by atoms with van der Waals surface area (Å²) in [7, 11) is 0. The van der Waals surface area contributed by atoms with E-state index in [1.807, 2.05) is 12.3 Å². The first-order chi connectivity index (χ1) is 10.1. The first-order valence-corrected chi connectivity index (χ1v) is 8.65. The van der Waals surface area contributed by atoms with Crippen LogP contribution in [0.25, 0.3) is 11.0 Å². The number of thiophene rings is 1. The molecule has 0 saturated carbocycles. The molecule has 21 heavy (non-hydrogen) atoms. The summed E-state index contributed by atoms with van der Waals surface area (Å²) < 4.78 is 3.41. The Kier molecular flexibility index (Phi) is 4.42. The summed E-state index contributed by atoms with van der Waals surface area (Å²) in [4.78, 5) is 5.89. The Morgan fingerprint density at radius 3 is 2.90 bits per heavy atom. The van der Waals surface area contributed by atoms with Crippen LogP contribution in [-0.2, 0) is 13.1 Å². The molecule has 0 radical (unpaired) electrons. The van der Waals surface area contributed by atoms with Crippen molar-refractivity contribution in [3.05, 3.63) is 50.9 Å². The molecule has 0 saturated heterocycles. The van der Waals surface area contributed by atoms with Crippen LogP contribution in [0.1, 0.15) is 24.3 Å². The maximum Gasteiger partial charge on any atom is 0.140 e. The van der Waals surface area contributed by atoms with Gasteiger partial charge in [0.05, 0.1) is 10.3 Å². The van der Waals surface area contributed by atoms with Crippen molar-refractivity contribution in [2.45, 2.75) is 33.0 Å². The lowest BCUT2D eigenvalue weighted by molar-refractivity contribution is 0.589. The Labute approximate surface area is 137 Å². The average molecular weight is 364 g/mol. The number of nitrogens with one attached hydrogen (secondary N) is 1. The number of rotatable bonds is 5. The fourth-order valence-electron chi connectivity index (χ4n) is 2.38. The Hall–Kier alpha value is -1.17. The van der Waals surface area contributed by atoms with Crippen LogP contribution in [0.3, 0.4) is 0 Å². The fraction of sp³-hybridized carbons (Fsp3) is 0.312. The van der Waals surface area contributed by atoms with Gasteiger partial charge in [0.25, 0.3) is 0 Å². The number of nitrogens with zero attached hydrogens (tertiary/aromatic N) is 2. The van der Waals surface area contributed by atoms with Gasteiger partial charge in [-0.25, -0.2) is 4.98 Å². The molecular weight excluding hydrogens is 346 g/mol. The van der Waals surface area contributed by atoms with Crippen LogP contribution >= 0.6 is 27.3 Å². The molecule has 0 aromatic carbocycles. The van der Waals surface area contributed by atoms with Crippen LogP contribution in [0, 0.1) is 0 Å². The Balaban J connectivity index is 1.94. The van der Waals surface area contributed by atoms with Crippen LogP contribution in [0.4, 0.5) is 0 Å². The van der Waals surface area contributed by atoms with Crippen LogP contribution in [0.2, 0.25) is 0 Å². The smallest absolute Gasteiger partial charge is 0.140 e. The molecule has 0 fully saturated rings. The van der Waals surface area contributed by atoms with E-state index in [0.717, 1.165) is 18.7 Å². The topological polar surface area (TPSA) is 29.9 Å². The predicted octanol–water partition coefficient (Wildman–Crippen LogP) is 4.41. The number of pyridine rings is 1. The van der Waals surface area contributed by atoms with Gasteiger partial charge < -0.3 is 9.88 Å². The number of hydrogen-bond donors (Lipinski definition) is 1. The van der Waals surface area contributed by atoms with E-state index in [9.17, 15) is 0 Å². The SMILES string of the molecule is CC(C)NCc1cn(Cc2ccc(Br)s2)c2ncccc12. The van der Waals surface area contributed by atoms with Crippen molar-refractivity contribution >= 4 is 38.3 Å². The van der Waals surface area contributed by atoms with Crippen molar-refractivity contribution < 1.29 is 0 Å². The van der Waals surface area contributed by atoms with Crippen LogP contribution in [0.15, 0.2) is 40.4 Å². The second-order valence-corrected chi connectivity index (χ2v) is 7.95. The first kappa shape index (κ1) is 14.8. The third-order valence-corrected chi connectivity index (χ3v) is 4.98. The Morgan fingerprint density at radius 1 is 1.33 bits per heavy atom. The maximum absolute atomic E-state index is 4.56. The van der Waals surface area contributed by atoms with Gasteiger partial charge in [0.2, 0.25) is 0 Å². The lowest BCUT2D eigenvalue weighted by Crippen LogP contribution is -2.21. The fourth-order valence-corrected chi connectivity index (χ4v) is 3.86. The first-order valence-electron chi connectivity index (χ1n) is 7.04. The van der Waals surface area contributed by atoms with Crippen molar-refractivity contribution in [3.8, 4) is 0 Å². The average Bonchev–Trinajstić information content (AvgIpc) is 3.02. The normalized spacial score (nSPS) is 11.6. The lowest BCUT2D eigenvalue weighted by atomic mass is 10.2. The zero-order valence-corrected chi connectivity index (χ0v) is 14.5. The molecule has 110 valence electrons. The van der Waals surface area contributed by atoms with Gasteiger partial charge in [0.15, 0.2) is 0 Å². The maximum atomic E-state index is 4.56. The van der Waals surface area contributed by atoms with Crippen LogP contribution in [0.5, 0.6) is 0 Å². The third kappa shape index (κ3) is 3.36. The highest BCUT2D eigenvalue weighted by molar-refractivity contribution is 9.11. The summed E-state index contributed by atoms with van der Waals surface area (Å²) in [5.74, 6) is 0. The van der Waals surface area contributed by atoms with Crippen LogP contribution in [-0.4, -0.2) is 15.6 Å². The van der Waals surface area contributed by atoms with Crippen molar-refractivity contribution in [1.82, 2.24) is 14.9 Å². The van der Waals surface area contributed by atoms with Crippen molar-refractivity contribution in [3.63, 3.8) is 0 Å². The molecule has 0 amide bonds. The highest BCUT2D eigenvalue weighted by Crippen LogP contribution is 2.25. The summed E-state index contributed by atoms with van der Waals surface area (Å²) >= 11 is 5.30. The van der Waals surface area contributed by atoms with E-state index < -0.39 is 0 Å². The van der Waals surface area contributed by atoms with E-state index in [2.05, 4.69) is 69.0 Å². The molecule has 0 aliphatic heterocycles. The van der Waals surface area contributed by atoms with Gasteiger partial charge in [-0.15, -0.1) is 11.3 Å². The number of halogens is 1. The molecule has 0 unspecified atom stereocenters. The van der Waals surface area contributed by atoms with E-state index in [-0.39, 0.29) is 0 Å². The number of hydrogen-bond acceptors (Lipinski definition) is 3. The minimum absolute atomic E-state index is 0.480. The van der Waals surface area contributed by atoms with Crippen molar-refractivity contribution in [2.75, 3.05) is 0 Å². The minimum atomic E-state index is 0.480. The summed E-state index contributed by atoms with van der Waals surface area (Å²) in [6, 6.07) is 8.90. The largest absolute Gasteiger partial charge is 0.327 e. The number of fused-ring (bicyclic) bond motifs is 1. The molecular formula is C16H18BrN3S. The second kappa shape index (κ2) is 6.30. The zero-order valence-electron chi connectivity index (χ0n) is 12.1. The Morgan fingerprint density at radius 2 is 2.19 bits per heavy atom. The molecule has 3 aromatic rings. The summed E-state index contributed by atoms with van der Waals surface area (Å²) in [6.07, 6.45) is 4.09. The van der Waals surface area contributed by atoms with E-state index in [0.29, 0.717) is 6.04 Å². The predicted molar refractivity (Wildman–Crippen MR) is 92.8 cm³/mol. The molecule has 5 heteroatoms. The number of aromatic nitrogens is 2. The third-order valence-electron chi connectivity index (χ3n) is 3.37. The molecule has 3 heterocycles. The molecule has 1 N–H and O–H groups in total. The van der Waals surface area contributed by atoms with E-state index in [1.165, 1.54) is 19.6 Å². The van der Waals surface area contributed by atoms with E-state index in [4.69, 9.17) is 0 Å². The molecule has 0 atom stereocenters. The molecule has 0 aliphatic carbocycles. The Bertz CT molecular complexity index is 745. The van der Waals surface area contributed by atoms with E-state index in [1.54, 1.807) is 11.3 Å². The molecule has 3 aromatic heterocycles. The standard InChI is InChI=1S/C16H18BrN3S/c1-11(2)19-8-12-9-20(10-13-5-6-15(17)21-13)16-14(12)4-3-7-18-16/h3-7,9,11,19H,8,10H2,1-2H3. The van der Waals surface area contributed by atoms with Crippen molar-refractivity contribution in [2.24, 2.45) is 0 Å². The quantitative estimate of drug-likeness (QED) is 0.727. The molecule has 0 spiro atoms. The minimum Gasteiger partial charge on any atom is -0.327 e. The molecule has 0 bridgehead atoms. The van der Waals surface area contributed by atoms with Crippen LogP contribution < -0.4 is 5.32 Å². The zero-order chi connectivity index (χ0) is 14.8. The van der Waals surface area contributed by atoms with Gasteiger partial charge in [-0.3, -0.25) is 0 Å². The van der Waals surface area contributed by atoms with Gasteiger partial charge in [-0.2, -0.15) is 0 Å². The highest BCUT2D eigenvalue weighted by Gasteiger charge is 2.10. The van der Waals surface area contributed by atoms with Crippen molar-refractivity contribution in [1.29, 1.82) is 0 Å². The molecule has 0 aliphatic rings. The van der Waals surface area contributed by atoms with Gasteiger partial charge >= 0.3 is 0 Å². The summed E-state index contributed by atoms with van der Waals surface area (Å²) in [5, 5.41) is 4.73. The summed E-state index contributed by atoms with van der Waals surface area (Å²) in [5.41, 5.74) is 2.37. The monoisotopic (exact) mass is 363 g/mol. The van der Waals surface area contributed by atoms with Gasteiger partial charge in [0, 0.05) is 35.2 Å². The highest BCUT2D eigenvalue weighted by atomic mass is 79.9. The van der Waals surface area contributed by atoms with E-state index >= 15 is 0 Å². The van der Waals surface area contributed by atoms with Gasteiger partial charge in [0.1, 0.15) is 5.65 Å². The molecule has 3 nitrogen and oxygen atoms in total. The lowest BCUT2D eigenvalue weighted by Gasteiger charge is -2.06.